The molecule has 1 aliphatic heterocycles. The first-order valence-corrected chi connectivity index (χ1v) is 14.3. The van der Waals surface area contributed by atoms with Gasteiger partial charge in [0.05, 0.1) is 28.3 Å². The van der Waals surface area contributed by atoms with Gasteiger partial charge in [0.25, 0.3) is 10.0 Å². The highest BCUT2D eigenvalue weighted by Crippen LogP contribution is 2.38. The lowest BCUT2D eigenvalue weighted by Crippen LogP contribution is -2.29. The van der Waals surface area contributed by atoms with Crippen LogP contribution in [0.25, 0.3) is 11.3 Å². The first kappa shape index (κ1) is 26.9. The predicted octanol–water partition coefficient (Wildman–Crippen LogP) is 6.38. The molecule has 11 heteroatoms. The standard InChI is InChI=1S/C28H24F3N3O3S2/c1-17-6-3-4-9-24(17)39(36,37)34-13-12-20-16-21(10-11-23(20)34)26-18(2)38-27(33-26)32-25(35)15-19-7-5-8-22(14-19)28(29,30)31/h3-11,14,16H,12-13,15H2,1-2H3,(H,32,33,35). The number of benzene rings is 3. The molecule has 1 N–H and O–H groups in total. The van der Waals surface area contributed by atoms with Crippen LogP contribution in [0.2, 0.25) is 0 Å². The largest absolute Gasteiger partial charge is 0.416 e. The number of carbonyl (C=O) groups is 1. The molecule has 1 aromatic heterocycles. The number of sulfonamides is 1. The van der Waals surface area contributed by atoms with Crippen molar-refractivity contribution in [3.05, 3.63) is 93.9 Å². The molecule has 202 valence electrons. The summed E-state index contributed by atoms with van der Waals surface area (Å²) in [6.45, 7) is 3.97. The third kappa shape index (κ3) is 5.41. The second kappa shape index (κ2) is 10.1. The molecule has 0 fully saturated rings. The number of hydrogen-bond donors (Lipinski definition) is 1. The van der Waals surface area contributed by atoms with Gasteiger partial charge in [-0.25, -0.2) is 13.4 Å². The number of carbonyl (C=O) groups excluding carboxylic acids is 1. The van der Waals surface area contributed by atoms with Crippen molar-refractivity contribution in [2.75, 3.05) is 16.2 Å². The number of halogens is 3. The zero-order valence-corrected chi connectivity index (χ0v) is 22.7. The number of anilines is 2. The number of alkyl halides is 3. The van der Waals surface area contributed by atoms with Crippen molar-refractivity contribution in [3.63, 3.8) is 0 Å². The molecular formula is C28H24F3N3O3S2. The van der Waals surface area contributed by atoms with Gasteiger partial charge in [-0.15, -0.1) is 11.3 Å². The molecule has 0 spiro atoms. The van der Waals surface area contributed by atoms with Gasteiger partial charge in [0, 0.05) is 17.0 Å². The average Bonchev–Trinajstić information content (AvgIpc) is 3.46. The molecule has 2 heterocycles. The number of aromatic nitrogens is 1. The molecule has 1 aliphatic rings. The number of nitrogens with zero attached hydrogens (tertiary/aromatic N) is 2. The van der Waals surface area contributed by atoms with Gasteiger partial charge < -0.3 is 5.32 Å². The number of amides is 1. The minimum absolute atomic E-state index is 0.220. The van der Waals surface area contributed by atoms with Crippen molar-refractivity contribution >= 4 is 38.1 Å². The number of nitrogens with one attached hydrogen (secondary N) is 1. The number of rotatable bonds is 6. The molecule has 6 nitrogen and oxygen atoms in total. The molecule has 39 heavy (non-hydrogen) atoms. The van der Waals surface area contributed by atoms with Gasteiger partial charge in [0.2, 0.25) is 5.91 Å². The SMILES string of the molecule is Cc1ccccc1S(=O)(=O)N1CCc2cc(-c3nc(NC(=O)Cc4cccc(C(F)(F)F)c4)sc3C)ccc21. The van der Waals surface area contributed by atoms with E-state index in [1.807, 2.05) is 13.0 Å². The molecule has 4 aromatic rings. The van der Waals surface area contributed by atoms with E-state index in [4.69, 9.17) is 0 Å². The van der Waals surface area contributed by atoms with Crippen LogP contribution < -0.4 is 9.62 Å². The predicted molar refractivity (Wildman–Crippen MR) is 145 cm³/mol. The minimum atomic E-state index is -4.48. The summed E-state index contributed by atoms with van der Waals surface area (Å²) < 4.78 is 67.1. The van der Waals surface area contributed by atoms with Gasteiger partial charge in [-0.2, -0.15) is 13.2 Å². The highest BCUT2D eigenvalue weighted by Gasteiger charge is 2.32. The first-order valence-electron chi connectivity index (χ1n) is 12.1. The van der Waals surface area contributed by atoms with Crippen molar-refractivity contribution in [2.45, 2.75) is 37.8 Å². The van der Waals surface area contributed by atoms with Crippen LogP contribution in [0.1, 0.15) is 27.1 Å². The van der Waals surface area contributed by atoms with Crippen LogP contribution in [0, 0.1) is 13.8 Å². The zero-order chi connectivity index (χ0) is 27.9. The maximum atomic E-state index is 13.4. The smallest absolute Gasteiger partial charge is 0.302 e. The molecule has 0 aliphatic carbocycles. The van der Waals surface area contributed by atoms with E-state index in [0.29, 0.717) is 35.0 Å². The Labute approximate surface area is 228 Å². The summed E-state index contributed by atoms with van der Waals surface area (Å²) in [7, 11) is -3.70. The Hall–Kier alpha value is -3.70. The molecule has 3 aromatic carbocycles. The van der Waals surface area contributed by atoms with Gasteiger partial charge in [-0.3, -0.25) is 9.10 Å². The van der Waals surface area contributed by atoms with Crippen LogP contribution in [-0.2, 0) is 33.8 Å². The van der Waals surface area contributed by atoms with Gasteiger partial charge in [0.1, 0.15) is 0 Å². The summed E-state index contributed by atoms with van der Waals surface area (Å²) in [4.78, 5) is 18.2. The Morgan fingerprint density at radius 3 is 2.56 bits per heavy atom. The topological polar surface area (TPSA) is 79.4 Å². The van der Waals surface area contributed by atoms with E-state index in [9.17, 15) is 26.4 Å². The van der Waals surface area contributed by atoms with E-state index < -0.39 is 27.7 Å². The van der Waals surface area contributed by atoms with Crippen LogP contribution in [0.15, 0.2) is 71.6 Å². The van der Waals surface area contributed by atoms with Gasteiger partial charge in [-0.05, 0) is 61.2 Å². The van der Waals surface area contributed by atoms with Crippen molar-refractivity contribution in [2.24, 2.45) is 0 Å². The van der Waals surface area contributed by atoms with Gasteiger partial charge in [-0.1, -0.05) is 42.5 Å². The fourth-order valence-corrected chi connectivity index (χ4v) is 7.24. The second-order valence-electron chi connectivity index (χ2n) is 9.28. The Morgan fingerprint density at radius 1 is 1.05 bits per heavy atom. The summed E-state index contributed by atoms with van der Waals surface area (Å²) >= 11 is 1.26. The normalized spacial score (nSPS) is 13.4. The van der Waals surface area contributed by atoms with Gasteiger partial charge >= 0.3 is 6.18 Å². The molecule has 0 radical (unpaired) electrons. The number of aryl methyl sites for hydroxylation is 2. The summed E-state index contributed by atoms with van der Waals surface area (Å²) in [6.07, 6.45) is -4.15. The Balaban J connectivity index is 1.33. The van der Waals surface area contributed by atoms with Crippen LogP contribution in [0.4, 0.5) is 24.0 Å². The van der Waals surface area contributed by atoms with Crippen LogP contribution in [0.5, 0.6) is 0 Å². The summed E-state index contributed by atoms with van der Waals surface area (Å²) in [5, 5.41) is 3.02. The maximum Gasteiger partial charge on any atom is 0.416 e. The third-order valence-electron chi connectivity index (χ3n) is 6.53. The number of fused-ring (bicyclic) bond motifs is 1. The zero-order valence-electron chi connectivity index (χ0n) is 21.0. The van der Waals surface area contributed by atoms with Crippen molar-refractivity contribution in [1.29, 1.82) is 0 Å². The van der Waals surface area contributed by atoms with E-state index in [1.54, 1.807) is 43.3 Å². The Kier molecular flexibility index (Phi) is 6.98. The van der Waals surface area contributed by atoms with Crippen LogP contribution in [-0.4, -0.2) is 25.9 Å². The lowest BCUT2D eigenvalue weighted by molar-refractivity contribution is -0.137. The van der Waals surface area contributed by atoms with Crippen LogP contribution in [0.3, 0.4) is 0 Å². The summed E-state index contributed by atoms with van der Waals surface area (Å²) in [6, 6.07) is 17.1. The fourth-order valence-electron chi connectivity index (χ4n) is 4.66. The first-order chi connectivity index (χ1) is 18.4. The molecule has 5 rings (SSSR count). The lowest BCUT2D eigenvalue weighted by atomic mass is 10.1. The minimum Gasteiger partial charge on any atom is -0.302 e. The molecular weight excluding hydrogens is 547 g/mol. The van der Waals surface area contributed by atoms with E-state index >= 15 is 0 Å². The molecule has 0 saturated carbocycles. The van der Waals surface area contributed by atoms with Crippen LogP contribution >= 0.6 is 11.3 Å². The molecule has 0 bridgehead atoms. The number of thiazole rings is 1. The number of hydrogen-bond acceptors (Lipinski definition) is 5. The Bertz CT molecular complexity index is 1680. The van der Waals surface area contributed by atoms with Crippen molar-refractivity contribution in [1.82, 2.24) is 4.98 Å². The molecule has 0 saturated heterocycles. The monoisotopic (exact) mass is 571 g/mol. The molecule has 0 unspecified atom stereocenters. The highest BCUT2D eigenvalue weighted by molar-refractivity contribution is 7.93. The fraction of sp³-hybridized carbons (Fsp3) is 0.214. The van der Waals surface area contributed by atoms with Crippen molar-refractivity contribution < 1.29 is 26.4 Å². The average molecular weight is 572 g/mol. The third-order valence-corrected chi connectivity index (χ3v) is 9.39. The maximum absolute atomic E-state index is 13.4. The quantitative estimate of drug-likeness (QED) is 0.291. The molecule has 1 amide bonds. The van der Waals surface area contributed by atoms with E-state index in [1.165, 1.54) is 27.8 Å². The van der Waals surface area contributed by atoms with Crippen molar-refractivity contribution in [3.8, 4) is 11.3 Å². The van der Waals surface area contributed by atoms with E-state index in [-0.39, 0.29) is 16.9 Å². The van der Waals surface area contributed by atoms with Gasteiger partial charge in [0.15, 0.2) is 5.13 Å². The van der Waals surface area contributed by atoms with E-state index in [2.05, 4.69) is 10.3 Å². The highest BCUT2D eigenvalue weighted by atomic mass is 32.2. The van der Waals surface area contributed by atoms with E-state index in [0.717, 1.165) is 28.1 Å². The second-order valence-corrected chi connectivity index (χ2v) is 12.3. The lowest BCUT2D eigenvalue weighted by Gasteiger charge is -2.21. The summed E-state index contributed by atoms with van der Waals surface area (Å²) in [5.41, 5.74) is 3.08. The molecule has 0 atom stereocenters. The summed E-state index contributed by atoms with van der Waals surface area (Å²) in [5.74, 6) is -0.472. The Morgan fingerprint density at radius 2 is 1.82 bits per heavy atom.